The zero-order valence-corrected chi connectivity index (χ0v) is 15.6. The molecule has 0 radical (unpaired) electrons. The zero-order valence-electron chi connectivity index (χ0n) is 13.2. The molecule has 0 spiro atoms. The summed E-state index contributed by atoms with van der Waals surface area (Å²) in [6.07, 6.45) is 4.47. The van der Waals surface area contributed by atoms with Crippen LogP contribution in [0.5, 0.6) is 0 Å². The van der Waals surface area contributed by atoms with Gasteiger partial charge in [0.25, 0.3) is 0 Å². The highest BCUT2D eigenvalue weighted by atomic mass is 79.9. The standard InChI is InChI=1S/C17H25BrN2OS/c1-2-21-12-6-10-19-17(22)20-11-5-8-15(20)13-14-7-3-4-9-16(14)18/h3-4,7,9,15H,2,5-6,8,10-13H2,1H3,(H,19,22). The molecule has 3 nitrogen and oxygen atoms in total. The quantitative estimate of drug-likeness (QED) is 0.571. The molecular formula is C17H25BrN2OS. The second-order valence-electron chi connectivity index (χ2n) is 5.57. The van der Waals surface area contributed by atoms with Crippen molar-refractivity contribution < 1.29 is 4.74 Å². The maximum atomic E-state index is 5.58. The van der Waals surface area contributed by atoms with Crippen molar-refractivity contribution in [1.82, 2.24) is 10.2 Å². The van der Waals surface area contributed by atoms with Crippen LogP contribution in [-0.4, -0.2) is 42.4 Å². The number of halogens is 1. The fraction of sp³-hybridized carbons (Fsp3) is 0.588. The van der Waals surface area contributed by atoms with Gasteiger partial charge in [-0.3, -0.25) is 0 Å². The molecule has 1 fully saturated rings. The number of thiocarbonyl (C=S) groups is 1. The molecule has 122 valence electrons. The molecule has 1 unspecified atom stereocenters. The smallest absolute Gasteiger partial charge is 0.169 e. The molecule has 1 atom stereocenters. The van der Waals surface area contributed by atoms with E-state index in [4.69, 9.17) is 17.0 Å². The van der Waals surface area contributed by atoms with Crippen LogP contribution in [0.3, 0.4) is 0 Å². The first-order chi connectivity index (χ1) is 10.7. The minimum absolute atomic E-state index is 0.505. The molecule has 1 aliphatic heterocycles. The molecule has 22 heavy (non-hydrogen) atoms. The van der Waals surface area contributed by atoms with Crippen molar-refractivity contribution in [2.75, 3.05) is 26.3 Å². The van der Waals surface area contributed by atoms with Crippen molar-refractivity contribution in [3.63, 3.8) is 0 Å². The fourth-order valence-electron chi connectivity index (χ4n) is 2.85. The number of benzene rings is 1. The van der Waals surface area contributed by atoms with Gasteiger partial charge in [-0.2, -0.15) is 0 Å². The number of nitrogens with one attached hydrogen (secondary N) is 1. The molecule has 0 amide bonds. The molecule has 1 aromatic rings. The summed E-state index contributed by atoms with van der Waals surface area (Å²) in [5.74, 6) is 0. The van der Waals surface area contributed by atoms with Crippen LogP contribution < -0.4 is 5.32 Å². The van der Waals surface area contributed by atoms with Crippen LogP contribution in [0, 0.1) is 0 Å². The summed E-state index contributed by atoms with van der Waals surface area (Å²) in [5, 5.41) is 4.27. The summed E-state index contributed by atoms with van der Waals surface area (Å²) < 4.78 is 6.54. The van der Waals surface area contributed by atoms with Gasteiger partial charge < -0.3 is 15.0 Å². The first-order valence-electron chi connectivity index (χ1n) is 8.08. The van der Waals surface area contributed by atoms with Gasteiger partial charge in [0.1, 0.15) is 0 Å². The Morgan fingerprint density at radius 1 is 1.45 bits per heavy atom. The maximum Gasteiger partial charge on any atom is 0.169 e. The lowest BCUT2D eigenvalue weighted by Crippen LogP contribution is -2.43. The molecule has 1 N–H and O–H groups in total. The Balaban J connectivity index is 1.82. The van der Waals surface area contributed by atoms with Gasteiger partial charge in [-0.25, -0.2) is 0 Å². The van der Waals surface area contributed by atoms with E-state index in [2.05, 4.69) is 50.4 Å². The second kappa shape index (κ2) is 9.48. The highest BCUT2D eigenvalue weighted by Gasteiger charge is 2.26. The number of likely N-dealkylation sites (tertiary alicyclic amines) is 1. The molecule has 0 bridgehead atoms. The van der Waals surface area contributed by atoms with Gasteiger partial charge in [0.15, 0.2) is 5.11 Å². The van der Waals surface area contributed by atoms with Crippen LogP contribution in [0.4, 0.5) is 0 Å². The molecule has 1 aliphatic rings. The summed E-state index contributed by atoms with van der Waals surface area (Å²) >= 11 is 9.23. The topological polar surface area (TPSA) is 24.5 Å². The van der Waals surface area contributed by atoms with E-state index >= 15 is 0 Å². The monoisotopic (exact) mass is 384 g/mol. The summed E-state index contributed by atoms with van der Waals surface area (Å²) in [6.45, 7) is 5.55. The molecule has 1 heterocycles. The Hall–Kier alpha value is -0.650. The lowest BCUT2D eigenvalue weighted by molar-refractivity contribution is 0.145. The summed E-state index contributed by atoms with van der Waals surface area (Å²) in [4.78, 5) is 2.36. The van der Waals surface area contributed by atoms with Gasteiger partial charge >= 0.3 is 0 Å². The molecule has 5 heteroatoms. The highest BCUT2D eigenvalue weighted by molar-refractivity contribution is 9.10. The molecule has 2 rings (SSSR count). The average Bonchev–Trinajstić information content (AvgIpc) is 2.97. The third-order valence-corrected chi connectivity index (χ3v) is 5.15. The number of hydrogen-bond acceptors (Lipinski definition) is 2. The van der Waals surface area contributed by atoms with E-state index in [0.717, 1.165) is 44.3 Å². The van der Waals surface area contributed by atoms with E-state index in [-0.39, 0.29) is 0 Å². The van der Waals surface area contributed by atoms with E-state index in [1.807, 2.05) is 6.92 Å². The Morgan fingerprint density at radius 3 is 3.05 bits per heavy atom. The number of nitrogens with zero attached hydrogens (tertiary/aromatic N) is 1. The number of ether oxygens (including phenoxy) is 1. The summed E-state index contributed by atoms with van der Waals surface area (Å²) in [5.41, 5.74) is 1.36. The average molecular weight is 385 g/mol. The lowest BCUT2D eigenvalue weighted by atomic mass is 10.0. The van der Waals surface area contributed by atoms with Crippen molar-refractivity contribution in [1.29, 1.82) is 0 Å². The third kappa shape index (κ3) is 5.21. The normalized spacial score (nSPS) is 17.7. The Morgan fingerprint density at radius 2 is 2.27 bits per heavy atom. The fourth-order valence-corrected chi connectivity index (χ4v) is 3.64. The Kier molecular flexibility index (Phi) is 7.63. The highest BCUT2D eigenvalue weighted by Crippen LogP contribution is 2.25. The molecule has 0 aliphatic carbocycles. The summed E-state index contributed by atoms with van der Waals surface area (Å²) in [6, 6.07) is 8.97. The first kappa shape index (κ1) is 17.7. The van der Waals surface area contributed by atoms with Gasteiger partial charge in [-0.15, -0.1) is 0 Å². The summed E-state index contributed by atoms with van der Waals surface area (Å²) in [7, 11) is 0. The molecule has 0 saturated carbocycles. The van der Waals surface area contributed by atoms with E-state index in [0.29, 0.717) is 6.04 Å². The SMILES string of the molecule is CCOCCCNC(=S)N1CCCC1Cc1ccccc1Br. The van der Waals surface area contributed by atoms with E-state index in [1.165, 1.54) is 22.9 Å². The second-order valence-corrected chi connectivity index (χ2v) is 6.81. The third-order valence-electron chi connectivity index (χ3n) is 4.00. The van der Waals surface area contributed by atoms with Crippen molar-refractivity contribution in [2.45, 2.75) is 38.6 Å². The van der Waals surface area contributed by atoms with Gasteiger partial charge in [-0.05, 0) is 56.5 Å². The van der Waals surface area contributed by atoms with E-state index in [1.54, 1.807) is 0 Å². The number of rotatable bonds is 7. The van der Waals surface area contributed by atoms with Gasteiger partial charge in [0.2, 0.25) is 0 Å². The van der Waals surface area contributed by atoms with E-state index in [9.17, 15) is 0 Å². The van der Waals surface area contributed by atoms with Crippen molar-refractivity contribution >= 4 is 33.3 Å². The molecule has 1 saturated heterocycles. The van der Waals surface area contributed by atoms with Crippen LogP contribution in [0.15, 0.2) is 28.7 Å². The molecule has 1 aromatic carbocycles. The predicted molar refractivity (Wildman–Crippen MR) is 99.3 cm³/mol. The van der Waals surface area contributed by atoms with Crippen molar-refractivity contribution in [3.8, 4) is 0 Å². The maximum absolute atomic E-state index is 5.58. The van der Waals surface area contributed by atoms with Gasteiger partial charge in [0.05, 0.1) is 0 Å². The van der Waals surface area contributed by atoms with Crippen LogP contribution >= 0.6 is 28.1 Å². The van der Waals surface area contributed by atoms with Crippen molar-refractivity contribution in [3.05, 3.63) is 34.3 Å². The van der Waals surface area contributed by atoms with Crippen LogP contribution in [0.25, 0.3) is 0 Å². The predicted octanol–water partition coefficient (Wildman–Crippen LogP) is 3.76. The minimum atomic E-state index is 0.505. The largest absolute Gasteiger partial charge is 0.382 e. The van der Waals surface area contributed by atoms with Crippen LogP contribution in [-0.2, 0) is 11.2 Å². The Labute approximate surface area is 147 Å². The van der Waals surface area contributed by atoms with Crippen LogP contribution in [0.1, 0.15) is 31.7 Å². The lowest BCUT2D eigenvalue weighted by Gasteiger charge is -2.28. The minimum Gasteiger partial charge on any atom is -0.382 e. The number of hydrogen-bond donors (Lipinski definition) is 1. The zero-order chi connectivity index (χ0) is 15.8. The molecular weight excluding hydrogens is 360 g/mol. The first-order valence-corrected chi connectivity index (χ1v) is 9.28. The van der Waals surface area contributed by atoms with Gasteiger partial charge in [-0.1, -0.05) is 34.1 Å². The van der Waals surface area contributed by atoms with Crippen LogP contribution in [0.2, 0.25) is 0 Å². The van der Waals surface area contributed by atoms with E-state index < -0.39 is 0 Å². The van der Waals surface area contributed by atoms with Gasteiger partial charge in [0, 0.05) is 36.8 Å². The molecule has 0 aromatic heterocycles. The Bertz CT molecular complexity index is 483. The van der Waals surface area contributed by atoms with Crippen molar-refractivity contribution in [2.24, 2.45) is 0 Å².